The predicted octanol–water partition coefficient (Wildman–Crippen LogP) is 5.92. The minimum Gasteiger partial charge on any atom is -0.371 e. The number of anilines is 2. The lowest BCUT2D eigenvalue weighted by Crippen LogP contribution is -2.46. The Hall–Kier alpha value is -4.10. The molecule has 1 atom stereocenters. The van der Waals surface area contributed by atoms with Gasteiger partial charge in [0.05, 0.1) is 12.2 Å². The van der Waals surface area contributed by atoms with E-state index in [1.807, 2.05) is 41.3 Å². The highest BCUT2D eigenvalue weighted by Gasteiger charge is 2.36. The molecule has 0 N–H and O–H groups in total. The Morgan fingerprint density at radius 3 is 2.17 bits per heavy atom. The van der Waals surface area contributed by atoms with Crippen molar-refractivity contribution in [2.45, 2.75) is 45.3 Å². The topological polar surface area (TPSA) is 64.2 Å². The summed E-state index contributed by atoms with van der Waals surface area (Å²) in [7, 11) is 0. The van der Waals surface area contributed by atoms with Crippen LogP contribution in [0.4, 0.5) is 11.4 Å². The molecule has 0 saturated carbocycles. The van der Waals surface area contributed by atoms with Crippen LogP contribution in [0.5, 0.6) is 0 Å². The van der Waals surface area contributed by atoms with E-state index in [4.69, 9.17) is 11.6 Å². The van der Waals surface area contributed by atoms with E-state index in [0.29, 0.717) is 42.3 Å². The highest BCUT2D eigenvalue weighted by molar-refractivity contribution is 6.30. The van der Waals surface area contributed by atoms with Crippen LogP contribution in [0.25, 0.3) is 0 Å². The quantitative estimate of drug-likeness (QED) is 0.350. The molecule has 0 bridgehead atoms. The number of amides is 3. The molecule has 3 aliphatic heterocycles. The fourth-order valence-corrected chi connectivity index (χ4v) is 6.14. The normalized spacial score (nSPS) is 18.7. The van der Waals surface area contributed by atoms with Gasteiger partial charge in [-0.3, -0.25) is 14.4 Å². The maximum Gasteiger partial charge on any atom is 0.254 e. The first-order valence-corrected chi connectivity index (χ1v) is 15.1. The van der Waals surface area contributed by atoms with E-state index in [9.17, 15) is 14.4 Å². The SMILES string of the molecule is CC1C(=O)N(Cc2ccc(C(=O)N3CC=CC3)cc2)c2cc(N3CCCCC3)ccc2CN1C(=O)c1ccc(Cl)cc1. The molecule has 1 saturated heterocycles. The van der Waals surface area contributed by atoms with Crippen LogP contribution in [0, 0.1) is 0 Å². The Morgan fingerprint density at radius 2 is 1.48 bits per heavy atom. The van der Waals surface area contributed by atoms with Crippen molar-refractivity contribution in [1.29, 1.82) is 0 Å². The molecule has 0 spiro atoms. The Kier molecular flexibility index (Phi) is 8.02. The number of fused-ring (bicyclic) bond motifs is 1. The van der Waals surface area contributed by atoms with Crippen LogP contribution in [-0.4, -0.2) is 59.7 Å². The first-order chi connectivity index (χ1) is 20.4. The van der Waals surface area contributed by atoms with Gasteiger partial charge in [-0.25, -0.2) is 0 Å². The summed E-state index contributed by atoms with van der Waals surface area (Å²) in [4.78, 5) is 48.3. The maximum atomic E-state index is 14.2. The van der Waals surface area contributed by atoms with Crippen LogP contribution < -0.4 is 9.80 Å². The van der Waals surface area contributed by atoms with Crippen molar-refractivity contribution in [3.05, 3.63) is 106 Å². The highest BCUT2D eigenvalue weighted by Crippen LogP contribution is 2.35. The lowest BCUT2D eigenvalue weighted by molar-refractivity contribution is -0.122. The van der Waals surface area contributed by atoms with Crippen molar-refractivity contribution in [1.82, 2.24) is 9.80 Å². The molecular weight excluding hydrogens is 548 g/mol. The van der Waals surface area contributed by atoms with Gasteiger partial charge in [0.1, 0.15) is 6.04 Å². The molecule has 7 nitrogen and oxygen atoms in total. The van der Waals surface area contributed by atoms with Gasteiger partial charge in [-0.1, -0.05) is 42.0 Å². The standard InChI is InChI=1S/C34H35ClN4O3/c1-24-32(40)39(22-25-7-9-26(10-8-25)33(41)37-19-5-6-20-37)31-21-30(36-17-3-2-4-18-36)16-13-28(31)23-38(24)34(42)27-11-14-29(35)15-12-27/h5-16,21,24H,2-4,17-20,22-23H2,1H3. The number of hydrogen-bond donors (Lipinski definition) is 0. The number of rotatable bonds is 5. The molecule has 1 unspecified atom stereocenters. The molecule has 0 aromatic heterocycles. The number of nitrogens with zero attached hydrogens (tertiary/aromatic N) is 4. The van der Waals surface area contributed by atoms with Crippen molar-refractivity contribution >= 4 is 40.7 Å². The number of benzene rings is 3. The minimum absolute atomic E-state index is 0.00102. The van der Waals surface area contributed by atoms with Gasteiger partial charge < -0.3 is 19.6 Å². The second-order valence-corrected chi connectivity index (χ2v) is 11.7. The van der Waals surface area contributed by atoms with Gasteiger partial charge in [-0.15, -0.1) is 0 Å². The second kappa shape index (κ2) is 12.0. The van der Waals surface area contributed by atoms with Crippen molar-refractivity contribution in [3.8, 4) is 0 Å². The fourth-order valence-electron chi connectivity index (χ4n) is 6.01. The summed E-state index contributed by atoms with van der Waals surface area (Å²) in [6.45, 7) is 5.69. The first-order valence-electron chi connectivity index (χ1n) is 14.7. The zero-order chi connectivity index (χ0) is 29.2. The molecule has 3 amide bonds. The molecule has 3 aliphatic rings. The third-order valence-electron chi connectivity index (χ3n) is 8.51. The van der Waals surface area contributed by atoms with E-state index in [1.54, 1.807) is 41.0 Å². The lowest BCUT2D eigenvalue weighted by Gasteiger charge is -2.31. The summed E-state index contributed by atoms with van der Waals surface area (Å²) in [5, 5.41) is 0.554. The van der Waals surface area contributed by atoms with Crippen molar-refractivity contribution < 1.29 is 14.4 Å². The largest absolute Gasteiger partial charge is 0.371 e. The van der Waals surface area contributed by atoms with E-state index in [2.05, 4.69) is 23.1 Å². The van der Waals surface area contributed by atoms with Crippen molar-refractivity contribution in [2.75, 3.05) is 36.0 Å². The van der Waals surface area contributed by atoms with Gasteiger partial charge in [0, 0.05) is 54.6 Å². The Balaban J connectivity index is 1.33. The number of halogens is 1. The van der Waals surface area contributed by atoms with E-state index < -0.39 is 6.04 Å². The average Bonchev–Trinajstić information content (AvgIpc) is 3.55. The zero-order valence-electron chi connectivity index (χ0n) is 23.8. The number of carbonyl (C=O) groups excluding carboxylic acids is 3. The van der Waals surface area contributed by atoms with Crippen LogP contribution in [0.15, 0.2) is 78.9 Å². The average molecular weight is 583 g/mol. The Labute approximate surface area is 252 Å². The molecule has 0 aliphatic carbocycles. The smallest absolute Gasteiger partial charge is 0.254 e. The molecule has 216 valence electrons. The highest BCUT2D eigenvalue weighted by atomic mass is 35.5. The molecule has 0 radical (unpaired) electrons. The van der Waals surface area contributed by atoms with Crippen LogP contribution in [0.1, 0.15) is 58.0 Å². The summed E-state index contributed by atoms with van der Waals surface area (Å²) in [5.41, 5.74) is 4.88. The van der Waals surface area contributed by atoms with Gasteiger partial charge in [0.25, 0.3) is 11.8 Å². The molecule has 1 fully saturated rings. The number of carbonyl (C=O) groups is 3. The molecule has 3 heterocycles. The molecule has 42 heavy (non-hydrogen) atoms. The van der Waals surface area contributed by atoms with E-state index >= 15 is 0 Å². The Morgan fingerprint density at radius 1 is 0.833 bits per heavy atom. The van der Waals surface area contributed by atoms with Gasteiger partial charge in [-0.05, 0) is 85.8 Å². The van der Waals surface area contributed by atoms with E-state index in [1.165, 1.54) is 6.42 Å². The van der Waals surface area contributed by atoms with Crippen molar-refractivity contribution in [3.63, 3.8) is 0 Å². The Bertz CT molecular complexity index is 1500. The fraction of sp³-hybridized carbons (Fsp3) is 0.324. The molecule has 3 aromatic rings. The lowest BCUT2D eigenvalue weighted by atomic mass is 10.1. The van der Waals surface area contributed by atoms with E-state index in [0.717, 1.165) is 48.4 Å². The van der Waals surface area contributed by atoms with Crippen LogP contribution in [0.3, 0.4) is 0 Å². The number of piperidine rings is 1. The van der Waals surface area contributed by atoms with E-state index in [-0.39, 0.29) is 17.7 Å². The first kappa shape index (κ1) is 28.0. The van der Waals surface area contributed by atoms with Gasteiger partial charge in [0.15, 0.2) is 0 Å². The van der Waals surface area contributed by atoms with Crippen molar-refractivity contribution in [2.24, 2.45) is 0 Å². The van der Waals surface area contributed by atoms with Gasteiger partial charge in [-0.2, -0.15) is 0 Å². The second-order valence-electron chi connectivity index (χ2n) is 11.3. The third-order valence-corrected chi connectivity index (χ3v) is 8.76. The molecule has 6 rings (SSSR count). The zero-order valence-corrected chi connectivity index (χ0v) is 24.6. The molecule has 3 aromatic carbocycles. The minimum atomic E-state index is -0.678. The van der Waals surface area contributed by atoms with Gasteiger partial charge in [0.2, 0.25) is 5.91 Å². The van der Waals surface area contributed by atoms with Crippen LogP contribution >= 0.6 is 11.6 Å². The van der Waals surface area contributed by atoms with Gasteiger partial charge >= 0.3 is 0 Å². The summed E-state index contributed by atoms with van der Waals surface area (Å²) in [6, 6.07) is 19.9. The van der Waals surface area contributed by atoms with Crippen LogP contribution in [0.2, 0.25) is 5.02 Å². The summed E-state index contributed by atoms with van der Waals surface area (Å²) in [5.74, 6) is -0.353. The monoisotopic (exact) mass is 582 g/mol. The summed E-state index contributed by atoms with van der Waals surface area (Å²) < 4.78 is 0. The predicted molar refractivity (Wildman–Crippen MR) is 166 cm³/mol. The summed E-state index contributed by atoms with van der Waals surface area (Å²) in [6.07, 6.45) is 7.53. The summed E-state index contributed by atoms with van der Waals surface area (Å²) >= 11 is 6.07. The maximum absolute atomic E-state index is 14.2. The molecular formula is C34H35ClN4O3. The van der Waals surface area contributed by atoms with Crippen LogP contribution in [-0.2, 0) is 17.9 Å². The third kappa shape index (κ3) is 5.66. The molecule has 8 heteroatoms. The number of hydrogen-bond acceptors (Lipinski definition) is 4.